The van der Waals surface area contributed by atoms with E-state index in [0.717, 1.165) is 33.8 Å². The highest BCUT2D eigenvalue weighted by atomic mass is 32.2. The van der Waals surface area contributed by atoms with Crippen LogP contribution in [0, 0.1) is 34.6 Å². The predicted molar refractivity (Wildman–Crippen MR) is 105 cm³/mol. The molecule has 1 amide bonds. The van der Waals surface area contributed by atoms with Crippen LogP contribution in [0.1, 0.15) is 33.6 Å². The molecule has 0 fully saturated rings. The largest absolute Gasteiger partial charge is 0.325 e. The zero-order valence-electron chi connectivity index (χ0n) is 16.0. The van der Waals surface area contributed by atoms with Crippen molar-refractivity contribution in [1.29, 1.82) is 0 Å². The Bertz CT molecular complexity index is 986. The lowest BCUT2D eigenvalue weighted by Crippen LogP contribution is -2.19. The summed E-state index contributed by atoms with van der Waals surface area (Å²) in [6.07, 6.45) is 2.18. The van der Waals surface area contributed by atoms with Gasteiger partial charge in [0.15, 0.2) is 0 Å². The highest BCUT2D eigenvalue weighted by Gasteiger charge is 2.17. The predicted octanol–water partition coefficient (Wildman–Crippen LogP) is 3.57. The Morgan fingerprint density at radius 2 is 1.77 bits per heavy atom. The number of nitrogens with one attached hydrogen (secondary N) is 1. The molecule has 0 atom stereocenters. The molecule has 136 valence electrons. The van der Waals surface area contributed by atoms with Crippen molar-refractivity contribution in [2.45, 2.75) is 46.2 Å². The third-order valence-electron chi connectivity index (χ3n) is 4.49. The zero-order chi connectivity index (χ0) is 19.0. The minimum absolute atomic E-state index is 0.0578. The lowest BCUT2D eigenvalue weighted by molar-refractivity contribution is -0.115. The van der Waals surface area contributed by atoms with Crippen molar-refractivity contribution < 1.29 is 4.79 Å². The number of rotatable bonds is 4. The summed E-state index contributed by atoms with van der Waals surface area (Å²) < 4.78 is 1.71. The van der Waals surface area contributed by atoms with Crippen LogP contribution in [0.2, 0.25) is 0 Å². The van der Waals surface area contributed by atoms with E-state index in [4.69, 9.17) is 0 Å². The Kier molecular flexibility index (Phi) is 5.00. The second kappa shape index (κ2) is 7.07. The number of aromatic nitrogens is 4. The number of amides is 1. The number of carbonyl (C=O) groups is 1. The van der Waals surface area contributed by atoms with E-state index in [-0.39, 0.29) is 12.3 Å². The first-order chi connectivity index (χ1) is 12.3. The number of fused-ring (bicyclic) bond motifs is 1. The summed E-state index contributed by atoms with van der Waals surface area (Å²) in [7, 11) is 0. The molecule has 0 aliphatic rings. The van der Waals surface area contributed by atoms with E-state index in [9.17, 15) is 4.79 Å². The molecule has 1 N–H and O–H groups in total. The molecule has 0 spiro atoms. The molecule has 0 radical (unpaired) electrons. The van der Waals surface area contributed by atoms with Crippen LogP contribution in [0.5, 0.6) is 0 Å². The fourth-order valence-corrected chi connectivity index (χ4v) is 3.59. The highest BCUT2D eigenvalue weighted by Crippen LogP contribution is 2.23. The molecule has 26 heavy (non-hydrogen) atoms. The first-order valence-corrected chi connectivity index (χ1v) is 9.67. The van der Waals surface area contributed by atoms with Gasteiger partial charge in [-0.1, -0.05) is 29.5 Å². The molecule has 0 saturated heterocycles. The zero-order valence-corrected chi connectivity index (χ0v) is 16.8. The molecule has 0 aliphatic heterocycles. The van der Waals surface area contributed by atoms with E-state index >= 15 is 0 Å². The van der Waals surface area contributed by atoms with E-state index in [1.807, 2.05) is 34.0 Å². The molecule has 6 nitrogen and oxygen atoms in total. The minimum atomic E-state index is -0.0578. The van der Waals surface area contributed by atoms with Crippen LogP contribution in [0.25, 0.3) is 5.78 Å². The summed E-state index contributed by atoms with van der Waals surface area (Å²) in [6, 6.07) is 4.15. The third-order valence-corrected chi connectivity index (χ3v) is 5.03. The van der Waals surface area contributed by atoms with Gasteiger partial charge in [0.25, 0.3) is 5.78 Å². The summed E-state index contributed by atoms with van der Waals surface area (Å²) in [5.74, 6) is 0.510. The van der Waals surface area contributed by atoms with Crippen LogP contribution in [-0.2, 0) is 11.2 Å². The lowest BCUT2D eigenvalue weighted by atomic mass is 10.0. The van der Waals surface area contributed by atoms with E-state index in [0.29, 0.717) is 10.9 Å². The van der Waals surface area contributed by atoms with E-state index in [2.05, 4.69) is 39.4 Å². The second-order valence-electron chi connectivity index (χ2n) is 6.57. The smallest absolute Gasteiger partial charge is 0.253 e. The number of hydrogen-bond acceptors (Lipinski definition) is 5. The van der Waals surface area contributed by atoms with Crippen LogP contribution < -0.4 is 5.32 Å². The summed E-state index contributed by atoms with van der Waals surface area (Å²) in [4.78, 5) is 21.6. The number of anilines is 1. The monoisotopic (exact) mass is 369 g/mol. The molecule has 2 aromatic heterocycles. The quantitative estimate of drug-likeness (QED) is 0.712. The van der Waals surface area contributed by atoms with Crippen molar-refractivity contribution in [2.75, 3.05) is 11.6 Å². The topological polar surface area (TPSA) is 72.2 Å². The highest BCUT2D eigenvalue weighted by molar-refractivity contribution is 7.98. The Hall–Kier alpha value is -2.41. The number of nitrogens with zero attached hydrogens (tertiary/aromatic N) is 4. The number of thioether (sulfide) groups is 1. The molecular formula is C19H23N5OS. The van der Waals surface area contributed by atoms with Crippen molar-refractivity contribution in [1.82, 2.24) is 19.6 Å². The van der Waals surface area contributed by atoms with Gasteiger partial charge >= 0.3 is 0 Å². The molecule has 0 unspecified atom stereocenters. The first-order valence-electron chi connectivity index (χ1n) is 8.44. The SMILES string of the molecule is CSc1nc2nc(C)c(CC(=O)Nc3c(C)cc(C)cc3C)c(C)n2n1. The van der Waals surface area contributed by atoms with Crippen LogP contribution >= 0.6 is 11.8 Å². The van der Waals surface area contributed by atoms with E-state index in [1.165, 1.54) is 17.3 Å². The standard InChI is InChI=1S/C19H23N5OS/c1-10-7-11(2)17(12(3)8-10)21-16(25)9-15-13(4)20-18-22-19(26-6)23-24(18)14(15)5/h7-8H,9H2,1-6H3,(H,21,25). The Labute approximate surface area is 157 Å². The number of benzene rings is 1. The van der Waals surface area contributed by atoms with Crippen molar-refractivity contribution in [2.24, 2.45) is 0 Å². The van der Waals surface area contributed by atoms with Gasteiger partial charge in [0, 0.05) is 22.6 Å². The minimum Gasteiger partial charge on any atom is -0.325 e. The average Bonchev–Trinajstić information content (AvgIpc) is 2.98. The molecule has 0 bridgehead atoms. The van der Waals surface area contributed by atoms with Crippen LogP contribution in [0.3, 0.4) is 0 Å². The maximum absolute atomic E-state index is 12.7. The van der Waals surface area contributed by atoms with Gasteiger partial charge in [-0.25, -0.2) is 9.50 Å². The van der Waals surface area contributed by atoms with Gasteiger partial charge < -0.3 is 5.32 Å². The molecule has 0 aliphatic carbocycles. The molecule has 3 aromatic rings. The van der Waals surface area contributed by atoms with Gasteiger partial charge in [-0.2, -0.15) is 4.98 Å². The first kappa shape index (κ1) is 18.4. The summed E-state index contributed by atoms with van der Waals surface area (Å²) >= 11 is 1.47. The van der Waals surface area contributed by atoms with Gasteiger partial charge in [-0.3, -0.25) is 4.79 Å². The van der Waals surface area contributed by atoms with Crippen molar-refractivity contribution in [3.05, 3.63) is 45.8 Å². The molecular weight excluding hydrogens is 346 g/mol. The Morgan fingerprint density at radius 1 is 1.12 bits per heavy atom. The van der Waals surface area contributed by atoms with Gasteiger partial charge in [-0.05, 0) is 52.0 Å². The maximum Gasteiger partial charge on any atom is 0.253 e. The average molecular weight is 369 g/mol. The third kappa shape index (κ3) is 3.44. The van der Waals surface area contributed by atoms with Crippen molar-refractivity contribution >= 4 is 29.1 Å². The number of aryl methyl sites for hydroxylation is 5. The van der Waals surface area contributed by atoms with E-state index in [1.54, 1.807) is 4.52 Å². The summed E-state index contributed by atoms with van der Waals surface area (Å²) in [5.41, 5.74) is 6.80. The lowest BCUT2D eigenvalue weighted by Gasteiger charge is -2.14. The molecule has 1 aromatic carbocycles. The fourth-order valence-electron chi connectivity index (χ4n) is 3.25. The molecule has 7 heteroatoms. The van der Waals surface area contributed by atoms with Gasteiger partial charge in [-0.15, -0.1) is 5.10 Å². The van der Waals surface area contributed by atoms with Crippen LogP contribution in [0.15, 0.2) is 17.3 Å². The van der Waals surface area contributed by atoms with Crippen molar-refractivity contribution in [3.63, 3.8) is 0 Å². The molecule has 3 rings (SSSR count). The van der Waals surface area contributed by atoms with Gasteiger partial charge in [0.2, 0.25) is 11.1 Å². The van der Waals surface area contributed by atoms with Crippen LogP contribution in [-0.4, -0.2) is 31.7 Å². The number of carbonyl (C=O) groups excluding carboxylic acids is 1. The Morgan fingerprint density at radius 3 is 2.38 bits per heavy atom. The normalized spacial score (nSPS) is 11.2. The van der Waals surface area contributed by atoms with Gasteiger partial charge in [0.05, 0.1) is 6.42 Å². The summed E-state index contributed by atoms with van der Waals surface area (Å²) in [5, 5.41) is 8.17. The summed E-state index contributed by atoms with van der Waals surface area (Å²) in [6.45, 7) is 9.94. The molecule has 0 saturated carbocycles. The van der Waals surface area contributed by atoms with Crippen LogP contribution in [0.4, 0.5) is 5.69 Å². The fraction of sp³-hybridized carbons (Fsp3) is 0.368. The van der Waals surface area contributed by atoms with E-state index < -0.39 is 0 Å². The molecule has 2 heterocycles. The van der Waals surface area contributed by atoms with Crippen molar-refractivity contribution in [3.8, 4) is 0 Å². The maximum atomic E-state index is 12.7. The van der Waals surface area contributed by atoms with Gasteiger partial charge in [0.1, 0.15) is 0 Å². The Balaban J connectivity index is 1.90. The number of hydrogen-bond donors (Lipinski definition) is 1. The second-order valence-corrected chi connectivity index (χ2v) is 7.34.